The number of aryl methyl sites for hydroxylation is 1. The fourth-order valence-corrected chi connectivity index (χ4v) is 6.95. The van der Waals surface area contributed by atoms with E-state index in [1.54, 1.807) is 30.4 Å². The lowest BCUT2D eigenvalue weighted by atomic mass is 9.90. The van der Waals surface area contributed by atoms with Crippen LogP contribution in [-0.2, 0) is 44.3 Å². The molecule has 1 N–H and O–H groups in total. The van der Waals surface area contributed by atoms with Gasteiger partial charge in [0.05, 0.1) is 18.8 Å². The Morgan fingerprint density at radius 2 is 1.91 bits per heavy atom. The Balaban J connectivity index is 1.17. The minimum Gasteiger partial charge on any atom is -0.339 e. The van der Waals surface area contributed by atoms with Gasteiger partial charge in [-0.25, -0.2) is 4.98 Å². The highest BCUT2D eigenvalue weighted by atomic mass is 16.2. The molecule has 0 bridgehead atoms. The van der Waals surface area contributed by atoms with Gasteiger partial charge in [-0.15, -0.1) is 0 Å². The maximum absolute atomic E-state index is 13.7. The molecular formula is C33H37N8O3. The lowest BCUT2D eigenvalue weighted by Gasteiger charge is -2.30. The molecule has 0 saturated carbocycles. The second kappa shape index (κ2) is 10.2. The van der Waals surface area contributed by atoms with Gasteiger partial charge in [0.15, 0.2) is 5.82 Å². The monoisotopic (exact) mass is 593 g/mol. The van der Waals surface area contributed by atoms with E-state index in [2.05, 4.69) is 46.8 Å². The number of carbonyl (C=O) groups excluding carboxylic acids is 2. The zero-order valence-electron chi connectivity index (χ0n) is 25.7. The Kier molecular flexibility index (Phi) is 6.53. The van der Waals surface area contributed by atoms with E-state index in [0.717, 1.165) is 29.7 Å². The Labute approximate surface area is 256 Å². The number of pyridine rings is 2. The second-order valence-electron chi connectivity index (χ2n) is 12.9. The maximum Gasteiger partial charge on any atom is 0.276 e. The summed E-state index contributed by atoms with van der Waals surface area (Å²) < 4.78 is 5.59. The number of nitrogens with zero attached hydrogens (tertiary/aromatic N) is 7. The normalized spacial score (nSPS) is 17.0. The summed E-state index contributed by atoms with van der Waals surface area (Å²) in [6.07, 6.45) is 5.88. The predicted molar refractivity (Wildman–Crippen MR) is 168 cm³/mol. The summed E-state index contributed by atoms with van der Waals surface area (Å²) in [5.74, 6) is 1.12. The van der Waals surface area contributed by atoms with Gasteiger partial charge >= 0.3 is 0 Å². The number of hydrogen-bond acceptors (Lipinski definition) is 6. The quantitative estimate of drug-likeness (QED) is 0.376. The first-order chi connectivity index (χ1) is 21.0. The summed E-state index contributed by atoms with van der Waals surface area (Å²) in [6, 6.07) is 7.59. The van der Waals surface area contributed by atoms with Gasteiger partial charge in [-0.2, -0.15) is 5.10 Å². The molecule has 44 heavy (non-hydrogen) atoms. The van der Waals surface area contributed by atoms with Crippen molar-refractivity contribution in [2.45, 2.75) is 59.7 Å². The molecule has 0 fully saturated rings. The van der Waals surface area contributed by atoms with Crippen molar-refractivity contribution in [2.24, 2.45) is 12.5 Å². The van der Waals surface area contributed by atoms with Gasteiger partial charge in [-0.1, -0.05) is 20.8 Å². The summed E-state index contributed by atoms with van der Waals surface area (Å²) in [7, 11) is 1.71. The summed E-state index contributed by atoms with van der Waals surface area (Å²) in [6.45, 7) is 13.7. The van der Waals surface area contributed by atoms with Crippen molar-refractivity contribution in [3.8, 4) is 11.1 Å². The third-order valence-corrected chi connectivity index (χ3v) is 9.12. The molecule has 6 heterocycles. The van der Waals surface area contributed by atoms with E-state index in [4.69, 9.17) is 0 Å². The van der Waals surface area contributed by atoms with Crippen molar-refractivity contribution >= 4 is 29.1 Å². The lowest BCUT2D eigenvalue weighted by Crippen LogP contribution is -2.41. The lowest BCUT2D eigenvalue weighted by molar-refractivity contribution is -0.132. The standard InChI is InChI=1S/C33H37N8O3/c1-6-29(42)38-9-12-41-23(19-38)15-28(36-41)35-25-13-22(18-37(5)31(25)43)24-7-8-34-30(20(24)2)40-11-10-39-26(32(40)44)14-21-16-33(3,4)17-27(21)39/h7-8,13-15,18H,2,6,9-12,16-17,19H2,1,3-5H3,(H,35,36). The summed E-state index contributed by atoms with van der Waals surface area (Å²) >= 11 is 0. The van der Waals surface area contributed by atoms with Crippen molar-refractivity contribution in [1.82, 2.24) is 28.8 Å². The van der Waals surface area contributed by atoms with Crippen LogP contribution in [0.5, 0.6) is 0 Å². The highest BCUT2D eigenvalue weighted by molar-refractivity contribution is 6.06. The minimum absolute atomic E-state index is 0.0659. The van der Waals surface area contributed by atoms with E-state index in [9.17, 15) is 14.4 Å². The number of carbonyl (C=O) groups is 2. The van der Waals surface area contributed by atoms with E-state index >= 15 is 0 Å². The van der Waals surface area contributed by atoms with Crippen molar-refractivity contribution in [3.05, 3.63) is 82.1 Å². The predicted octanol–water partition coefficient (Wildman–Crippen LogP) is 3.91. The number of fused-ring (bicyclic) bond motifs is 4. The maximum atomic E-state index is 13.7. The largest absolute Gasteiger partial charge is 0.339 e. The Bertz CT molecular complexity index is 1900. The number of anilines is 3. The molecule has 1 aliphatic carbocycles. The van der Waals surface area contributed by atoms with Crippen LogP contribution in [0.25, 0.3) is 11.1 Å². The number of amides is 2. The molecule has 7 rings (SSSR count). The van der Waals surface area contributed by atoms with Crippen LogP contribution in [-0.4, -0.2) is 53.7 Å². The Hall–Kier alpha value is -4.67. The van der Waals surface area contributed by atoms with E-state index < -0.39 is 0 Å². The molecule has 11 heteroatoms. The zero-order chi connectivity index (χ0) is 30.9. The minimum atomic E-state index is -0.203. The number of hydrogen-bond donors (Lipinski definition) is 1. The average molecular weight is 594 g/mol. The van der Waals surface area contributed by atoms with Gasteiger partial charge in [0.2, 0.25) is 5.91 Å². The van der Waals surface area contributed by atoms with Crippen LogP contribution < -0.4 is 15.8 Å². The van der Waals surface area contributed by atoms with Gasteiger partial charge in [0, 0.05) is 68.4 Å². The van der Waals surface area contributed by atoms with Gasteiger partial charge in [-0.3, -0.25) is 24.0 Å². The highest BCUT2D eigenvalue weighted by Crippen LogP contribution is 2.40. The number of nitrogens with one attached hydrogen (secondary N) is 1. The van der Waals surface area contributed by atoms with Gasteiger partial charge in [0.1, 0.15) is 17.2 Å². The molecule has 227 valence electrons. The molecule has 0 unspecified atom stereocenters. The summed E-state index contributed by atoms with van der Waals surface area (Å²) in [5.41, 5.74) is 6.73. The highest BCUT2D eigenvalue weighted by Gasteiger charge is 2.37. The Morgan fingerprint density at radius 1 is 1.09 bits per heavy atom. The van der Waals surface area contributed by atoms with Crippen LogP contribution in [0.15, 0.2) is 41.5 Å². The van der Waals surface area contributed by atoms with Crippen LogP contribution in [0.1, 0.15) is 60.2 Å². The summed E-state index contributed by atoms with van der Waals surface area (Å²) in [4.78, 5) is 47.3. The SMILES string of the molecule is [CH2]c1c(-c2cc(Nc3cc4n(n3)CCN(C(=O)CC)C4)c(=O)n(C)c2)ccnc1N1CCn2c(cc3c2CC(C)(C)C3)C1=O. The summed E-state index contributed by atoms with van der Waals surface area (Å²) in [5, 5.41) is 7.84. The van der Waals surface area contributed by atoms with Gasteiger partial charge in [0.25, 0.3) is 11.5 Å². The molecule has 0 spiro atoms. The van der Waals surface area contributed by atoms with Crippen LogP contribution in [0, 0.1) is 12.3 Å². The Morgan fingerprint density at radius 3 is 2.70 bits per heavy atom. The molecule has 0 aromatic carbocycles. The molecule has 1 radical (unpaired) electrons. The average Bonchev–Trinajstić information content (AvgIpc) is 3.64. The van der Waals surface area contributed by atoms with E-state index in [-0.39, 0.29) is 22.8 Å². The van der Waals surface area contributed by atoms with Crippen LogP contribution in [0.2, 0.25) is 0 Å². The molecule has 2 aliphatic heterocycles. The van der Waals surface area contributed by atoms with E-state index in [0.29, 0.717) is 67.7 Å². The fourth-order valence-electron chi connectivity index (χ4n) is 6.95. The topological polar surface area (TPSA) is 110 Å². The van der Waals surface area contributed by atoms with Crippen LogP contribution in [0.3, 0.4) is 0 Å². The molecule has 4 aromatic rings. The van der Waals surface area contributed by atoms with Crippen LogP contribution >= 0.6 is 0 Å². The third-order valence-electron chi connectivity index (χ3n) is 9.12. The third kappa shape index (κ3) is 4.61. The van der Waals surface area contributed by atoms with Crippen molar-refractivity contribution in [2.75, 3.05) is 23.3 Å². The molecule has 0 saturated heterocycles. The van der Waals surface area contributed by atoms with Crippen LogP contribution in [0.4, 0.5) is 17.3 Å². The molecule has 3 aliphatic rings. The molecule has 0 atom stereocenters. The number of rotatable bonds is 5. The number of aromatic nitrogens is 5. The van der Waals surface area contributed by atoms with Crippen molar-refractivity contribution in [1.29, 1.82) is 0 Å². The fraction of sp³-hybridized carbons (Fsp3) is 0.394. The van der Waals surface area contributed by atoms with E-state index in [1.807, 2.05) is 28.6 Å². The molecule has 4 aromatic heterocycles. The van der Waals surface area contributed by atoms with Gasteiger partial charge < -0.3 is 19.4 Å². The van der Waals surface area contributed by atoms with Gasteiger partial charge in [-0.05, 0) is 54.5 Å². The first-order valence-electron chi connectivity index (χ1n) is 15.2. The molecular weight excluding hydrogens is 556 g/mol. The van der Waals surface area contributed by atoms with E-state index in [1.165, 1.54) is 15.8 Å². The van der Waals surface area contributed by atoms with Crippen molar-refractivity contribution in [3.63, 3.8) is 0 Å². The molecule has 2 amide bonds. The first-order valence-corrected chi connectivity index (χ1v) is 15.2. The van der Waals surface area contributed by atoms with Crippen molar-refractivity contribution < 1.29 is 9.59 Å². The smallest absolute Gasteiger partial charge is 0.276 e. The first kappa shape index (κ1) is 28.1. The molecule has 11 nitrogen and oxygen atoms in total. The second-order valence-corrected chi connectivity index (χ2v) is 12.9. The zero-order valence-corrected chi connectivity index (χ0v) is 25.7.